The molecule has 0 amide bonds. The lowest BCUT2D eigenvalue weighted by Gasteiger charge is -2.32. The largest absolute Gasteiger partial charge is 0.494 e. The van der Waals surface area contributed by atoms with Crippen molar-refractivity contribution in [3.63, 3.8) is 0 Å². The third-order valence-corrected chi connectivity index (χ3v) is 7.43. The second-order valence-electron chi connectivity index (χ2n) is 9.07. The van der Waals surface area contributed by atoms with Crippen LogP contribution in [0.25, 0.3) is 10.9 Å². The van der Waals surface area contributed by atoms with Crippen molar-refractivity contribution in [1.82, 2.24) is 14.8 Å². The van der Waals surface area contributed by atoms with Crippen LogP contribution in [0.1, 0.15) is 42.0 Å². The summed E-state index contributed by atoms with van der Waals surface area (Å²) < 4.78 is 7.19. The van der Waals surface area contributed by atoms with E-state index in [9.17, 15) is 0 Å². The predicted molar refractivity (Wildman–Crippen MR) is 131 cm³/mol. The molecule has 1 unspecified atom stereocenters. The number of hydrogen-bond donors (Lipinski definition) is 1. The molecule has 1 aliphatic heterocycles. The number of likely N-dealkylation sites (N-methyl/N-ethyl adjacent to an activating group) is 1. The molecular formula is C26H32BrN3O. The fraction of sp³-hybridized carbons (Fsp3) is 0.462. The molecule has 0 saturated carbocycles. The summed E-state index contributed by atoms with van der Waals surface area (Å²) in [4.78, 5) is 8.67. The SMILES string of the molecule is CN1CCN(CCCOc2ccc(C3CCCc4c3[nH]c3ccc(Br)cc43)cc2)CC1. The van der Waals surface area contributed by atoms with Gasteiger partial charge in [0.2, 0.25) is 0 Å². The minimum absolute atomic E-state index is 0.446. The number of aromatic amines is 1. The van der Waals surface area contributed by atoms with Crippen molar-refractivity contribution in [2.24, 2.45) is 0 Å². The molecule has 1 atom stereocenters. The van der Waals surface area contributed by atoms with Crippen LogP contribution in [0.5, 0.6) is 5.75 Å². The topological polar surface area (TPSA) is 31.5 Å². The van der Waals surface area contributed by atoms with E-state index in [-0.39, 0.29) is 0 Å². The van der Waals surface area contributed by atoms with E-state index in [2.05, 4.69) is 80.2 Å². The number of aryl methyl sites for hydroxylation is 1. The molecule has 5 rings (SSSR count). The number of aromatic nitrogens is 1. The van der Waals surface area contributed by atoms with Crippen LogP contribution in [-0.4, -0.2) is 61.2 Å². The van der Waals surface area contributed by atoms with E-state index in [1.54, 1.807) is 0 Å². The van der Waals surface area contributed by atoms with Crippen LogP contribution in [0.3, 0.4) is 0 Å². The zero-order chi connectivity index (χ0) is 21.2. The van der Waals surface area contributed by atoms with Gasteiger partial charge in [0.05, 0.1) is 6.61 Å². The number of halogens is 1. The molecule has 5 heteroatoms. The van der Waals surface area contributed by atoms with E-state index < -0.39 is 0 Å². The molecule has 0 bridgehead atoms. The Morgan fingerprint density at radius 1 is 1.06 bits per heavy atom. The van der Waals surface area contributed by atoms with Crippen LogP contribution in [0.15, 0.2) is 46.9 Å². The summed E-state index contributed by atoms with van der Waals surface area (Å²) in [6.45, 7) is 6.64. The minimum Gasteiger partial charge on any atom is -0.494 e. The number of rotatable bonds is 6. The molecule has 0 spiro atoms. The van der Waals surface area contributed by atoms with Gasteiger partial charge in [-0.2, -0.15) is 0 Å². The quantitative estimate of drug-likeness (QED) is 0.477. The molecule has 164 valence electrons. The maximum absolute atomic E-state index is 6.04. The van der Waals surface area contributed by atoms with Crippen LogP contribution in [0.2, 0.25) is 0 Å². The van der Waals surface area contributed by atoms with E-state index in [4.69, 9.17) is 4.74 Å². The standard InChI is InChI=1S/C26H32BrN3O/c1-29-13-15-30(16-14-29)12-3-17-31-21-9-6-19(7-10-21)22-4-2-5-23-24-18-20(27)8-11-25(24)28-26(22)23/h6-11,18,22,28H,2-5,12-17H2,1H3. The van der Waals surface area contributed by atoms with Crippen molar-refractivity contribution in [3.8, 4) is 5.75 Å². The first-order valence-corrected chi connectivity index (χ1v) is 12.4. The molecule has 2 heterocycles. The Bertz CT molecular complexity index is 1020. The van der Waals surface area contributed by atoms with E-state index in [0.717, 1.165) is 36.2 Å². The van der Waals surface area contributed by atoms with E-state index in [1.165, 1.54) is 66.7 Å². The van der Waals surface area contributed by atoms with E-state index in [0.29, 0.717) is 5.92 Å². The number of nitrogens with one attached hydrogen (secondary N) is 1. The Kier molecular flexibility index (Phi) is 6.35. The summed E-state index contributed by atoms with van der Waals surface area (Å²) in [5.41, 5.74) is 5.54. The summed E-state index contributed by atoms with van der Waals surface area (Å²) in [5, 5.41) is 1.37. The Morgan fingerprint density at radius 3 is 2.68 bits per heavy atom. The van der Waals surface area contributed by atoms with Crippen molar-refractivity contribution in [2.45, 2.75) is 31.6 Å². The van der Waals surface area contributed by atoms with Gasteiger partial charge in [0.15, 0.2) is 0 Å². The summed E-state index contributed by atoms with van der Waals surface area (Å²) >= 11 is 3.63. The smallest absolute Gasteiger partial charge is 0.119 e. The van der Waals surface area contributed by atoms with Crippen molar-refractivity contribution in [2.75, 3.05) is 46.4 Å². The maximum atomic E-state index is 6.04. The zero-order valence-electron chi connectivity index (χ0n) is 18.4. The van der Waals surface area contributed by atoms with Gasteiger partial charge in [-0.15, -0.1) is 0 Å². The Labute approximate surface area is 193 Å². The monoisotopic (exact) mass is 481 g/mol. The van der Waals surface area contributed by atoms with Crippen LogP contribution in [0, 0.1) is 0 Å². The van der Waals surface area contributed by atoms with Gasteiger partial charge in [0.1, 0.15) is 5.75 Å². The van der Waals surface area contributed by atoms with Crippen molar-refractivity contribution in [1.29, 1.82) is 0 Å². The highest BCUT2D eigenvalue weighted by Crippen LogP contribution is 2.40. The van der Waals surface area contributed by atoms with Gasteiger partial charge in [-0.25, -0.2) is 0 Å². The summed E-state index contributed by atoms with van der Waals surface area (Å²) in [6, 6.07) is 15.4. The van der Waals surface area contributed by atoms with Crippen molar-refractivity contribution < 1.29 is 4.74 Å². The zero-order valence-corrected chi connectivity index (χ0v) is 20.0. The third kappa shape index (κ3) is 4.69. The lowest BCUT2D eigenvalue weighted by molar-refractivity contribution is 0.145. The number of nitrogens with zero attached hydrogens (tertiary/aromatic N) is 2. The van der Waals surface area contributed by atoms with Gasteiger partial charge >= 0.3 is 0 Å². The van der Waals surface area contributed by atoms with Gasteiger partial charge in [-0.3, -0.25) is 0 Å². The molecule has 0 radical (unpaired) electrons. The first kappa shape index (κ1) is 21.0. The number of piperazine rings is 1. The second-order valence-corrected chi connectivity index (χ2v) is 9.98. The molecule has 1 saturated heterocycles. The fourth-order valence-corrected chi connectivity index (χ4v) is 5.48. The van der Waals surface area contributed by atoms with Crippen LogP contribution >= 0.6 is 15.9 Å². The molecule has 2 aromatic carbocycles. The van der Waals surface area contributed by atoms with Crippen LogP contribution in [-0.2, 0) is 6.42 Å². The van der Waals surface area contributed by atoms with Gasteiger partial charge < -0.3 is 19.5 Å². The Hall–Kier alpha value is -1.82. The molecule has 31 heavy (non-hydrogen) atoms. The predicted octanol–water partition coefficient (Wildman–Crippen LogP) is 5.41. The summed E-state index contributed by atoms with van der Waals surface area (Å²) in [7, 11) is 2.20. The van der Waals surface area contributed by atoms with Gasteiger partial charge in [-0.05, 0) is 74.2 Å². The van der Waals surface area contributed by atoms with Crippen LogP contribution in [0.4, 0.5) is 0 Å². The molecule has 1 N–H and O–H groups in total. The highest BCUT2D eigenvalue weighted by Gasteiger charge is 2.25. The first-order valence-electron chi connectivity index (χ1n) is 11.6. The lowest BCUT2D eigenvalue weighted by atomic mass is 9.82. The maximum Gasteiger partial charge on any atom is 0.119 e. The van der Waals surface area contributed by atoms with Gasteiger partial charge in [0, 0.05) is 59.7 Å². The average Bonchev–Trinajstić information content (AvgIpc) is 3.16. The minimum atomic E-state index is 0.446. The molecule has 1 aliphatic carbocycles. The number of benzene rings is 2. The molecule has 1 fully saturated rings. The first-order chi connectivity index (χ1) is 15.2. The fourth-order valence-electron chi connectivity index (χ4n) is 5.11. The second kappa shape index (κ2) is 9.35. The highest BCUT2D eigenvalue weighted by molar-refractivity contribution is 9.10. The molecule has 3 aromatic rings. The van der Waals surface area contributed by atoms with Gasteiger partial charge in [0.25, 0.3) is 0 Å². The normalized spacial score (nSPS) is 20.1. The van der Waals surface area contributed by atoms with Crippen LogP contribution < -0.4 is 4.74 Å². The molecule has 2 aliphatic rings. The van der Waals surface area contributed by atoms with Crippen molar-refractivity contribution >= 4 is 26.8 Å². The third-order valence-electron chi connectivity index (χ3n) is 6.94. The molecule has 1 aromatic heterocycles. The lowest BCUT2D eigenvalue weighted by Crippen LogP contribution is -2.44. The Morgan fingerprint density at radius 2 is 1.87 bits per heavy atom. The summed E-state index contributed by atoms with van der Waals surface area (Å²) in [6.07, 6.45) is 4.69. The van der Waals surface area contributed by atoms with E-state index in [1.807, 2.05) is 0 Å². The molecule has 4 nitrogen and oxygen atoms in total. The summed E-state index contributed by atoms with van der Waals surface area (Å²) in [5.74, 6) is 1.43. The Balaban J connectivity index is 1.20. The molecular weight excluding hydrogens is 450 g/mol. The number of hydrogen-bond acceptors (Lipinski definition) is 3. The van der Waals surface area contributed by atoms with E-state index >= 15 is 0 Å². The highest BCUT2D eigenvalue weighted by atomic mass is 79.9. The van der Waals surface area contributed by atoms with Gasteiger partial charge in [-0.1, -0.05) is 28.1 Å². The number of ether oxygens (including phenoxy) is 1. The number of H-pyrrole nitrogens is 1. The number of fused-ring (bicyclic) bond motifs is 3. The van der Waals surface area contributed by atoms with Crippen molar-refractivity contribution in [3.05, 3.63) is 63.8 Å². The average molecular weight is 482 g/mol.